The fourth-order valence-corrected chi connectivity index (χ4v) is 3.54. The second kappa shape index (κ2) is 6.24. The molecule has 0 aromatic carbocycles. The second-order valence-electron chi connectivity index (χ2n) is 6.73. The standard InChI is InChI=1S/C15H25N5O2/c1-15(10-21)7-4-5-11(15)17-14(22)16-9-13-19-18-12-6-2-3-8-20(12)13/h11,21H,2-10H2,1H3,(H2,16,17,22). The number of aliphatic hydroxyl groups is 1. The minimum atomic E-state index is -0.203. The maximum absolute atomic E-state index is 12.1. The quantitative estimate of drug-likeness (QED) is 0.772. The summed E-state index contributed by atoms with van der Waals surface area (Å²) in [7, 11) is 0. The van der Waals surface area contributed by atoms with E-state index in [1.165, 1.54) is 0 Å². The first-order valence-electron chi connectivity index (χ1n) is 8.18. The lowest BCUT2D eigenvalue weighted by atomic mass is 9.86. The lowest BCUT2D eigenvalue weighted by molar-refractivity contribution is 0.121. The van der Waals surface area contributed by atoms with Crippen molar-refractivity contribution in [3.8, 4) is 0 Å². The van der Waals surface area contributed by atoms with Crippen LogP contribution < -0.4 is 10.6 Å². The first kappa shape index (κ1) is 15.3. The minimum Gasteiger partial charge on any atom is -0.396 e. The van der Waals surface area contributed by atoms with Crippen molar-refractivity contribution in [2.75, 3.05) is 6.61 Å². The summed E-state index contributed by atoms with van der Waals surface area (Å²) in [5.74, 6) is 1.84. The van der Waals surface area contributed by atoms with E-state index in [1.54, 1.807) is 0 Å². The van der Waals surface area contributed by atoms with Crippen LogP contribution in [0.2, 0.25) is 0 Å². The molecule has 1 aliphatic carbocycles. The molecule has 2 aliphatic rings. The minimum absolute atomic E-state index is 0.0322. The van der Waals surface area contributed by atoms with Gasteiger partial charge >= 0.3 is 6.03 Å². The number of aromatic nitrogens is 3. The van der Waals surface area contributed by atoms with Gasteiger partial charge in [-0.05, 0) is 25.7 Å². The molecule has 1 saturated carbocycles. The molecule has 7 nitrogen and oxygen atoms in total. The molecule has 0 bridgehead atoms. The molecule has 3 N–H and O–H groups in total. The smallest absolute Gasteiger partial charge is 0.315 e. The molecule has 2 amide bonds. The highest BCUT2D eigenvalue weighted by Gasteiger charge is 2.39. The third-order valence-corrected chi connectivity index (χ3v) is 5.09. The molecule has 1 fully saturated rings. The number of aliphatic hydroxyl groups excluding tert-OH is 1. The van der Waals surface area contributed by atoms with Gasteiger partial charge < -0.3 is 20.3 Å². The number of aryl methyl sites for hydroxylation is 1. The third-order valence-electron chi connectivity index (χ3n) is 5.09. The Kier molecular flexibility index (Phi) is 4.33. The third kappa shape index (κ3) is 2.95. The van der Waals surface area contributed by atoms with Crippen LogP contribution >= 0.6 is 0 Å². The molecule has 3 rings (SSSR count). The molecule has 7 heteroatoms. The molecule has 122 valence electrons. The zero-order valence-electron chi connectivity index (χ0n) is 13.1. The van der Waals surface area contributed by atoms with Gasteiger partial charge in [-0.25, -0.2) is 4.79 Å². The average molecular weight is 307 g/mol. The van der Waals surface area contributed by atoms with E-state index in [2.05, 4.69) is 25.4 Å². The molecule has 2 atom stereocenters. The Morgan fingerprint density at radius 2 is 2.27 bits per heavy atom. The van der Waals surface area contributed by atoms with E-state index in [9.17, 15) is 9.90 Å². The van der Waals surface area contributed by atoms with Gasteiger partial charge in [0.1, 0.15) is 5.82 Å². The van der Waals surface area contributed by atoms with Gasteiger partial charge in [0.2, 0.25) is 0 Å². The Bertz CT molecular complexity index is 544. The molecule has 1 aliphatic heterocycles. The van der Waals surface area contributed by atoms with Gasteiger partial charge in [0.15, 0.2) is 5.82 Å². The highest BCUT2D eigenvalue weighted by molar-refractivity contribution is 5.74. The van der Waals surface area contributed by atoms with Gasteiger partial charge in [-0.3, -0.25) is 0 Å². The zero-order chi connectivity index (χ0) is 15.6. The maximum atomic E-state index is 12.1. The van der Waals surface area contributed by atoms with Crippen LogP contribution in [0.25, 0.3) is 0 Å². The number of nitrogens with one attached hydrogen (secondary N) is 2. The highest BCUT2D eigenvalue weighted by atomic mass is 16.3. The lowest BCUT2D eigenvalue weighted by Gasteiger charge is -2.30. The summed E-state index contributed by atoms with van der Waals surface area (Å²) in [5.41, 5.74) is -0.203. The largest absolute Gasteiger partial charge is 0.396 e. The van der Waals surface area contributed by atoms with Crippen molar-refractivity contribution >= 4 is 6.03 Å². The van der Waals surface area contributed by atoms with Crippen molar-refractivity contribution < 1.29 is 9.90 Å². The van der Waals surface area contributed by atoms with Crippen molar-refractivity contribution in [2.45, 2.75) is 64.6 Å². The molecule has 22 heavy (non-hydrogen) atoms. The normalized spacial score (nSPS) is 27.5. The first-order valence-corrected chi connectivity index (χ1v) is 8.18. The SMILES string of the molecule is CC1(CO)CCCC1NC(=O)NCc1nnc2n1CCCC2. The van der Waals surface area contributed by atoms with Crippen LogP contribution in [-0.4, -0.2) is 38.6 Å². The fourth-order valence-electron chi connectivity index (χ4n) is 3.54. The molecule has 0 saturated heterocycles. The predicted octanol–water partition coefficient (Wildman–Crippen LogP) is 0.965. The summed E-state index contributed by atoms with van der Waals surface area (Å²) < 4.78 is 2.11. The van der Waals surface area contributed by atoms with Crippen molar-refractivity contribution in [2.24, 2.45) is 5.41 Å². The van der Waals surface area contributed by atoms with Crippen LogP contribution in [0.15, 0.2) is 0 Å². The van der Waals surface area contributed by atoms with Crippen LogP contribution in [0.1, 0.15) is 50.7 Å². The summed E-state index contributed by atoms with van der Waals surface area (Å²) in [6, 6.07) is -0.162. The molecule has 2 heterocycles. The van der Waals surface area contributed by atoms with Gasteiger partial charge in [-0.2, -0.15) is 0 Å². The summed E-state index contributed by atoms with van der Waals surface area (Å²) in [6.45, 7) is 3.46. The Labute approximate surface area is 130 Å². The number of rotatable bonds is 4. The number of amides is 2. The monoisotopic (exact) mass is 307 g/mol. The summed E-state index contributed by atoms with van der Waals surface area (Å²) in [5, 5.41) is 23.8. The lowest BCUT2D eigenvalue weighted by Crippen LogP contribution is -2.48. The van der Waals surface area contributed by atoms with Gasteiger partial charge in [-0.15, -0.1) is 10.2 Å². The summed E-state index contributed by atoms with van der Waals surface area (Å²) in [6.07, 6.45) is 6.18. The molecular weight excluding hydrogens is 282 g/mol. The summed E-state index contributed by atoms with van der Waals surface area (Å²) in [4.78, 5) is 12.1. The number of hydrogen-bond acceptors (Lipinski definition) is 4. The van der Waals surface area contributed by atoms with Crippen molar-refractivity contribution in [3.63, 3.8) is 0 Å². The Morgan fingerprint density at radius 1 is 1.41 bits per heavy atom. The Balaban J connectivity index is 1.53. The van der Waals surface area contributed by atoms with Gasteiger partial charge in [0, 0.05) is 24.4 Å². The van der Waals surface area contributed by atoms with E-state index < -0.39 is 0 Å². The highest BCUT2D eigenvalue weighted by Crippen LogP contribution is 2.37. The molecule has 1 aromatic rings. The topological polar surface area (TPSA) is 92.1 Å². The zero-order valence-corrected chi connectivity index (χ0v) is 13.1. The fraction of sp³-hybridized carbons (Fsp3) is 0.800. The van der Waals surface area contributed by atoms with Crippen molar-refractivity contribution in [1.82, 2.24) is 25.4 Å². The summed E-state index contributed by atoms with van der Waals surface area (Å²) >= 11 is 0. The van der Waals surface area contributed by atoms with Crippen LogP contribution in [0, 0.1) is 5.41 Å². The van der Waals surface area contributed by atoms with Crippen LogP contribution in [0.4, 0.5) is 4.79 Å². The van der Waals surface area contributed by atoms with Crippen molar-refractivity contribution in [1.29, 1.82) is 0 Å². The Morgan fingerprint density at radius 3 is 3.09 bits per heavy atom. The van der Waals surface area contributed by atoms with E-state index in [0.29, 0.717) is 6.54 Å². The number of carbonyl (C=O) groups excluding carboxylic acids is 1. The van der Waals surface area contributed by atoms with Crippen molar-refractivity contribution in [3.05, 3.63) is 11.6 Å². The molecule has 2 unspecified atom stereocenters. The first-order chi connectivity index (χ1) is 10.6. The second-order valence-corrected chi connectivity index (χ2v) is 6.73. The van der Waals surface area contributed by atoms with Gasteiger partial charge in [0.25, 0.3) is 0 Å². The van der Waals surface area contributed by atoms with E-state index >= 15 is 0 Å². The van der Waals surface area contributed by atoms with Crippen LogP contribution in [0.3, 0.4) is 0 Å². The van der Waals surface area contributed by atoms with Gasteiger partial charge in [0.05, 0.1) is 13.2 Å². The molecular formula is C15H25N5O2. The van der Waals surface area contributed by atoms with E-state index in [-0.39, 0.29) is 24.1 Å². The predicted molar refractivity (Wildman–Crippen MR) is 81.2 cm³/mol. The van der Waals surface area contributed by atoms with Gasteiger partial charge in [-0.1, -0.05) is 13.3 Å². The number of hydrogen-bond donors (Lipinski definition) is 3. The molecule has 0 radical (unpaired) electrons. The number of urea groups is 1. The average Bonchev–Trinajstić information content (AvgIpc) is 3.10. The molecule has 1 aromatic heterocycles. The van der Waals surface area contributed by atoms with E-state index in [1.807, 2.05) is 6.92 Å². The number of fused-ring (bicyclic) bond motifs is 1. The Hall–Kier alpha value is -1.63. The number of nitrogens with zero attached hydrogens (tertiary/aromatic N) is 3. The van der Waals surface area contributed by atoms with Crippen LogP contribution in [0.5, 0.6) is 0 Å². The molecule has 0 spiro atoms. The van der Waals surface area contributed by atoms with E-state index in [4.69, 9.17) is 0 Å². The van der Waals surface area contributed by atoms with Crippen LogP contribution in [-0.2, 0) is 19.5 Å². The maximum Gasteiger partial charge on any atom is 0.315 e. The number of carbonyl (C=O) groups is 1. The van der Waals surface area contributed by atoms with E-state index in [0.717, 1.165) is 56.7 Å².